The maximum Gasteiger partial charge on any atom is 0.257 e. The molecular weight excluding hydrogens is 307 g/mol. The molecule has 1 N–H and O–H groups in total. The van der Waals surface area contributed by atoms with Gasteiger partial charge in [-0.2, -0.15) is 0 Å². The van der Waals surface area contributed by atoms with Crippen molar-refractivity contribution in [3.8, 4) is 0 Å². The second-order valence-electron chi connectivity index (χ2n) is 5.84. The van der Waals surface area contributed by atoms with Crippen LogP contribution in [-0.4, -0.2) is 29.3 Å². The van der Waals surface area contributed by atoms with Crippen LogP contribution < -0.4 is 5.32 Å². The van der Waals surface area contributed by atoms with E-state index in [0.717, 1.165) is 12.0 Å². The van der Waals surface area contributed by atoms with E-state index in [1.165, 1.54) is 17.0 Å². The van der Waals surface area contributed by atoms with Crippen LogP contribution in [0, 0.1) is 5.82 Å². The van der Waals surface area contributed by atoms with Gasteiger partial charge in [0.1, 0.15) is 11.9 Å². The van der Waals surface area contributed by atoms with Crippen LogP contribution in [0.2, 0.25) is 0 Å². The van der Waals surface area contributed by atoms with Crippen molar-refractivity contribution < 1.29 is 14.0 Å². The van der Waals surface area contributed by atoms with Gasteiger partial charge in [-0.15, -0.1) is 0 Å². The number of carbonyl (C=O) groups excluding carboxylic acids is 2. The third kappa shape index (κ3) is 3.45. The minimum atomic E-state index is -0.558. The summed E-state index contributed by atoms with van der Waals surface area (Å²) >= 11 is 0. The van der Waals surface area contributed by atoms with Crippen LogP contribution in [0.15, 0.2) is 54.6 Å². The van der Waals surface area contributed by atoms with E-state index >= 15 is 0 Å². The maximum atomic E-state index is 13.8. The molecule has 0 aromatic heterocycles. The molecule has 1 atom stereocenters. The molecule has 1 saturated heterocycles. The molecule has 1 aliphatic heterocycles. The summed E-state index contributed by atoms with van der Waals surface area (Å²) in [5.41, 5.74) is 1.01. The molecular formula is C19H19FN2O2. The molecule has 0 unspecified atom stereocenters. The Kier molecular flexibility index (Phi) is 4.89. The largest absolute Gasteiger partial charge is 0.350 e. The molecule has 0 bridgehead atoms. The fourth-order valence-electron chi connectivity index (χ4n) is 2.97. The molecule has 1 aliphatic rings. The number of amides is 2. The molecule has 5 heteroatoms. The number of hydrogen-bond donors (Lipinski definition) is 1. The first-order chi connectivity index (χ1) is 11.7. The van der Waals surface area contributed by atoms with Crippen LogP contribution in [0.25, 0.3) is 0 Å². The number of nitrogens with zero attached hydrogens (tertiary/aromatic N) is 1. The zero-order chi connectivity index (χ0) is 16.9. The highest BCUT2D eigenvalue weighted by Gasteiger charge is 2.35. The van der Waals surface area contributed by atoms with E-state index in [2.05, 4.69) is 5.32 Å². The number of rotatable bonds is 4. The lowest BCUT2D eigenvalue weighted by Crippen LogP contribution is -2.45. The molecule has 2 aromatic carbocycles. The van der Waals surface area contributed by atoms with E-state index < -0.39 is 17.8 Å². The SMILES string of the molecule is O=C(NCc1ccccc1)[C@@H]1CCCN1C(=O)c1ccccc1F. The Balaban J connectivity index is 1.67. The fraction of sp³-hybridized carbons (Fsp3) is 0.263. The quantitative estimate of drug-likeness (QED) is 0.939. The first-order valence-corrected chi connectivity index (χ1v) is 8.04. The van der Waals surface area contributed by atoms with Gasteiger partial charge in [-0.25, -0.2) is 4.39 Å². The number of hydrogen-bond acceptors (Lipinski definition) is 2. The van der Waals surface area contributed by atoms with Gasteiger partial charge in [-0.1, -0.05) is 42.5 Å². The van der Waals surface area contributed by atoms with Gasteiger partial charge >= 0.3 is 0 Å². The number of benzene rings is 2. The number of carbonyl (C=O) groups is 2. The molecule has 24 heavy (non-hydrogen) atoms. The molecule has 4 nitrogen and oxygen atoms in total. The molecule has 0 saturated carbocycles. The van der Waals surface area contributed by atoms with E-state index in [9.17, 15) is 14.0 Å². The van der Waals surface area contributed by atoms with Crippen molar-refractivity contribution >= 4 is 11.8 Å². The van der Waals surface area contributed by atoms with Crippen molar-refractivity contribution in [2.75, 3.05) is 6.54 Å². The number of halogens is 1. The maximum absolute atomic E-state index is 13.8. The Hall–Kier alpha value is -2.69. The summed E-state index contributed by atoms with van der Waals surface area (Å²) in [5.74, 6) is -1.18. The molecule has 3 rings (SSSR count). The summed E-state index contributed by atoms with van der Waals surface area (Å²) in [4.78, 5) is 26.5. The third-order valence-electron chi connectivity index (χ3n) is 4.23. The highest BCUT2D eigenvalue weighted by molar-refractivity contribution is 5.98. The van der Waals surface area contributed by atoms with Gasteiger partial charge in [-0.3, -0.25) is 9.59 Å². The van der Waals surface area contributed by atoms with E-state index in [1.54, 1.807) is 12.1 Å². The second-order valence-corrected chi connectivity index (χ2v) is 5.84. The fourth-order valence-corrected chi connectivity index (χ4v) is 2.97. The normalized spacial score (nSPS) is 16.9. The molecule has 2 amide bonds. The van der Waals surface area contributed by atoms with E-state index in [0.29, 0.717) is 19.5 Å². The average Bonchev–Trinajstić information content (AvgIpc) is 3.10. The van der Waals surface area contributed by atoms with Crippen molar-refractivity contribution in [3.05, 3.63) is 71.5 Å². The molecule has 0 spiro atoms. The van der Waals surface area contributed by atoms with Gasteiger partial charge in [-0.05, 0) is 30.5 Å². The summed E-state index contributed by atoms with van der Waals surface area (Å²) in [6.07, 6.45) is 1.34. The van der Waals surface area contributed by atoms with Crippen molar-refractivity contribution in [3.63, 3.8) is 0 Å². The Morgan fingerprint density at radius 1 is 1.08 bits per heavy atom. The van der Waals surface area contributed by atoms with E-state index in [1.807, 2.05) is 30.3 Å². The Morgan fingerprint density at radius 2 is 1.79 bits per heavy atom. The van der Waals surface area contributed by atoms with E-state index in [4.69, 9.17) is 0 Å². The third-order valence-corrected chi connectivity index (χ3v) is 4.23. The van der Waals surface area contributed by atoms with Gasteiger partial charge in [0.2, 0.25) is 5.91 Å². The summed E-state index contributed by atoms with van der Waals surface area (Å²) < 4.78 is 13.8. The van der Waals surface area contributed by atoms with Crippen LogP contribution in [0.3, 0.4) is 0 Å². The lowest BCUT2D eigenvalue weighted by atomic mass is 10.1. The summed E-state index contributed by atoms with van der Waals surface area (Å²) in [6.45, 7) is 0.883. The zero-order valence-electron chi connectivity index (χ0n) is 13.2. The highest BCUT2D eigenvalue weighted by Crippen LogP contribution is 2.21. The molecule has 1 heterocycles. The average molecular weight is 326 g/mol. The standard InChI is InChI=1S/C19H19FN2O2/c20-16-10-5-4-9-15(16)19(24)22-12-6-11-17(22)18(23)21-13-14-7-2-1-3-8-14/h1-5,7-10,17H,6,11-13H2,(H,21,23)/t17-/m0/s1. The lowest BCUT2D eigenvalue weighted by molar-refractivity contribution is -0.125. The summed E-state index contributed by atoms with van der Waals surface area (Å²) in [6, 6.07) is 14.9. The topological polar surface area (TPSA) is 49.4 Å². The predicted molar refractivity (Wildman–Crippen MR) is 88.7 cm³/mol. The monoisotopic (exact) mass is 326 g/mol. The van der Waals surface area contributed by atoms with Crippen molar-refractivity contribution in [1.82, 2.24) is 10.2 Å². The van der Waals surface area contributed by atoms with Gasteiger partial charge in [0.05, 0.1) is 5.56 Å². The molecule has 1 fully saturated rings. The number of likely N-dealkylation sites (tertiary alicyclic amines) is 1. The van der Waals surface area contributed by atoms with Crippen molar-refractivity contribution in [2.45, 2.75) is 25.4 Å². The number of nitrogens with one attached hydrogen (secondary N) is 1. The van der Waals surface area contributed by atoms with E-state index in [-0.39, 0.29) is 11.5 Å². The van der Waals surface area contributed by atoms with Gasteiger partial charge in [0.25, 0.3) is 5.91 Å². The highest BCUT2D eigenvalue weighted by atomic mass is 19.1. The van der Waals surface area contributed by atoms with Crippen molar-refractivity contribution in [2.24, 2.45) is 0 Å². The zero-order valence-corrected chi connectivity index (χ0v) is 13.2. The first-order valence-electron chi connectivity index (χ1n) is 8.04. The Morgan fingerprint density at radius 3 is 2.54 bits per heavy atom. The van der Waals surface area contributed by atoms with Gasteiger partial charge in [0, 0.05) is 13.1 Å². The Labute approximate surface area is 140 Å². The van der Waals surface area contributed by atoms with Crippen LogP contribution in [0.1, 0.15) is 28.8 Å². The lowest BCUT2D eigenvalue weighted by Gasteiger charge is -2.24. The molecule has 0 aliphatic carbocycles. The summed E-state index contributed by atoms with van der Waals surface area (Å²) in [7, 11) is 0. The van der Waals surface area contributed by atoms with Crippen LogP contribution >= 0.6 is 0 Å². The molecule has 124 valence electrons. The van der Waals surface area contributed by atoms with Crippen molar-refractivity contribution in [1.29, 1.82) is 0 Å². The smallest absolute Gasteiger partial charge is 0.257 e. The second kappa shape index (κ2) is 7.25. The molecule has 2 aromatic rings. The predicted octanol–water partition coefficient (Wildman–Crippen LogP) is 2.75. The first kappa shape index (κ1) is 16.2. The van der Waals surface area contributed by atoms with Crippen LogP contribution in [-0.2, 0) is 11.3 Å². The van der Waals surface area contributed by atoms with Gasteiger partial charge < -0.3 is 10.2 Å². The minimum Gasteiger partial charge on any atom is -0.350 e. The van der Waals surface area contributed by atoms with Crippen LogP contribution in [0.4, 0.5) is 4.39 Å². The van der Waals surface area contributed by atoms with Gasteiger partial charge in [0.15, 0.2) is 0 Å². The Bertz CT molecular complexity index is 733. The summed E-state index contributed by atoms with van der Waals surface area (Å²) in [5, 5.41) is 2.87. The molecule has 0 radical (unpaired) electrons. The minimum absolute atomic E-state index is 0.0141. The van der Waals surface area contributed by atoms with Crippen LogP contribution in [0.5, 0.6) is 0 Å².